The Morgan fingerprint density at radius 1 is 1.14 bits per heavy atom. The summed E-state index contributed by atoms with van der Waals surface area (Å²) in [6.45, 7) is 6.25. The summed E-state index contributed by atoms with van der Waals surface area (Å²) in [7, 11) is 1.75. The molecule has 4 nitrogen and oxygen atoms in total. The van der Waals surface area contributed by atoms with Gasteiger partial charge in [0.1, 0.15) is 5.75 Å². The number of piperidine rings is 1. The predicted octanol–water partition coefficient (Wildman–Crippen LogP) is 3.49. The van der Waals surface area contributed by atoms with Crippen molar-refractivity contribution in [2.24, 2.45) is 0 Å². The van der Waals surface area contributed by atoms with Crippen molar-refractivity contribution in [2.75, 3.05) is 25.1 Å². The number of rotatable bonds is 3. The van der Waals surface area contributed by atoms with Crippen molar-refractivity contribution in [1.82, 2.24) is 10.2 Å². The third-order valence-corrected chi connectivity index (χ3v) is 4.70. The fourth-order valence-corrected chi connectivity index (χ4v) is 3.22. The molecule has 0 aliphatic carbocycles. The molecule has 2 heterocycles. The lowest BCUT2D eigenvalue weighted by molar-refractivity contribution is 0.397. The van der Waals surface area contributed by atoms with Gasteiger partial charge in [-0.2, -0.15) is 5.10 Å². The molecular weight excluding hydrogens is 274 g/mol. The summed E-state index contributed by atoms with van der Waals surface area (Å²) >= 11 is 0. The van der Waals surface area contributed by atoms with Crippen LogP contribution >= 0.6 is 0 Å². The lowest BCUT2D eigenvalue weighted by Gasteiger charge is -2.34. The molecule has 1 aliphatic rings. The summed E-state index contributed by atoms with van der Waals surface area (Å²) in [5.74, 6) is 2.61. The SMILES string of the molecule is COc1ccccc1C1CCN(c2nncc(C)c2C)CC1. The summed E-state index contributed by atoms with van der Waals surface area (Å²) in [5, 5.41) is 8.46. The molecule has 0 radical (unpaired) electrons. The highest BCUT2D eigenvalue weighted by Gasteiger charge is 2.24. The standard InChI is InChI=1S/C18H23N3O/c1-13-12-19-20-18(14(13)2)21-10-8-15(9-11-21)16-6-4-5-7-17(16)22-3/h4-7,12,15H,8-11H2,1-3H3. The number of para-hydroxylation sites is 1. The van der Waals surface area contributed by atoms with Crippen molar-refractivity contribution >= 4 is 5.82 Å². The van der Waals surface area contributed by atoms with Gasteiger partial charge >= 0.3 is 0 Å². The van der Waals surface area contributed by atoms with Crippen LogP contribution in [-0.2, 0) is 0 Å². The first-order chi connectivity index (χ1) is 10.7. The highest BCUT2D eigenvalue weighted by atomic mass is 16.5. The second-order valence-corrected chi connectivity index (χ2v) is 5.98. The molecule has 3 rings (SSSR count). The van der Waals surface area contributed by atoms with E-state index in [1.165, 1.54) is 16.7 Å². The third kappa shape index (κ3) is 2.78. The molecule has 0 saturated carbocycles. The molecule has 1 fully saturated rings. The van der Waals surface area contributed by atoms with E-state index in [9.17, 15) is 0 Å². The van der Waals surface area contributed by atoms with Crippen LogP contribution in [-0.4, -0.2) is 30.4 Å². The van der Waals surface area contributed by atoms with Gasteiger partial charge < -0.3 is 9.64 Å². The van der Waals surface area contributed by atoms with Crippen molar-refractivity contribution in [1.29, 1.82) is 0 Å². The number of benzene rings is 1. The van der Waals surface area contributed by atoms with Crippen LogP contribution in [0.25, 0.3) is 0 Å². The molecule has 116 valence electrons. The Kier molecular flexibility index (Phi) is 4.27. The Morgan fingerprint density at radius 3 is 2.59 bits per heavy atom. The molecule has 1 saturated heterocycles. The number of ether oxygens (including phenoxy) is 1. The molecule has 1 aromatic carbocycles. The Morgan fingerprint density at radius 2 is 1.86 bits per heavy atom. The fourth-order valence-electron chi connectivity index (χ4n) is 3.22. The van der Waals surface area contributed by atoms with Gasteiger partial charge in [0.2, 0.25) is 0 Å². The van der Waals surface area contributed by atoms with Crippen molar-refractivity contribution in [2.45, 2.75) is 32.6 Å². The van der Waals surface area contributed by atoms with E-state index in [2.05, 4.69) is 47.1 Å². The minimum atomic E-state index is 0.561. The van der Waals surface area contributed by atoms with E-state index < -0.39 is 0 Å². The zero-order valence-electron chi connectivity index (χ0n) is 13.5. The number of hydrogen-bond acceptors (Lipinski definition) is 4. The molecular formula is C18H23N3O. The molecule has 1 aliphatic heterocycles. The first kappa shape index (κ1) is 14.8. The number of nitrogens with zero attached hydrogens (tertiary/aromatic N) is 3. The lowest BCUT2D eigenvalue weighted by Crippen LogP contribution is -2.34. The topological polar surface area (TPSA) is 38.2 Å². The van der Waals surface area contributed by atoms with Crippen LogP contribution < -0.4 is 9.64 Å². The van der Waals surface area contributed by atoms with Crippen LogP contribution in [0.2, 0.25) is 0 Å². The van der Waals surface area contributed by atoms with Crippen LogP contribution in [0.15, 0.2) is 30.5 Å². The van der Waals surface area contributed by atoms with E-state index in [4.69, 9.17) is 4.74 Å². The number of methoxy groups -OCH3 is 1. The maximum Gasteiger partial charge on any atom is 0.154 e. The summed E-state index contributed by atoms with van der Waals surface area (Å²) < 4.78 is 5.51. The second-order valence-electron chi connectivity index (χ2n) is 5.98. The minimum absolute atomic E-state index is 0.561. The van der Waals surface area contributed by atoms with Gasteiger partial charge in [-0.25, -0.2) is 0 Å². The quantitative estimate of drug-likeness (QED) is 0.869. The number of aryl methyl sites for hydroxylation is 1. The highest BCUT2D eigenvalue weighted by Crippen LogP contribution is 2.35. The maximum atomic E-state index is 5.51. The first-order valence-corrected chi connectivity index (χ1v) is 7.87. The van der Waals surface area contributed by atoms with Gasteiger partial charge in [0.15, 0.2) is 5.82 Å². The average Bonchev–Trinajstić information content (AvgIpc) is 2.57. The van der Waals surface area contributed by atoms with E-state index in [-0.39, 0.29) is 0 Å². The molecule has 0 spiro atoms. The Balaban J connectivity index is 1.74. The molecule has 1 aromatic heterocycles. The molecule has 4 heteroatoms. The van der Waals surface area contributed by atoms with E-state index >= 15 is 0 Å². The molecule has 22 heavy (non-hydrogen) atoms. The van der Waals surface area contributed by atoms with E-state index in [1.807, 2.05) is 12.3 Å². The zero-order valence-corrected chi connectivity index (χ0v) is 13.5. The smallest absolute Gasteiger partial charge is 0.154 e. The summed E-state index contributed by atoms with van der Waals surface area (Å²) in [4.78, 5) is 2.36. The highest BCUT2D eigenvalue weighted by molar-refractivity contribution is 5.49. The van der Waals surface area contributed by atoms with E-state index in [0.29, 0.717) is 5.92 Å². The van der Waals surface area contributed by atoms with Crippen LogP contribution in [0.4, 0.5) is 5.82 Å². The number of anilines is 1. The number of aromatic nitrogens is 2. The third-order valence-electron chi connectivity index (χ3n) is 4.70. The van der Waals surface area contributed by atoms with Gasteiger partial charge in [0.05, 0.1) is 13.3 Å². The molecule has 0 atom stereocenters. The molecule has 0 N–H and O–H groups in total. The minimum Gasteiger partial charge on any atom is -0.496 e. The molecule has 0 unspecified atom stereocenters. The van der Waals surface area contributed by atoms with Gasteiger partial charge in [-0.15, -0.1) is 5.10 Å². The van der Waals surface area contributed by atoms with Gasteiger partial charge in [-0.05, 0) is 55.4 Å². The molecule has 2 aromatic rings. The average molecular weight is 297 g/mol. The molecule has 0 amide bonds. The Hall–Kier alpha value is -2.10. The van der Waals surface area contributed by atoms with Crippen LogP contribution in [0, 0.1) is 13.8 Å². The van der Waals surface area contributed by atoms with Gasteiger partial charge in [0, 0.05) is 13.1 Å². The van der Waals surface area contributed by atoms with Gasteiger partial charge in [-0.1, -0.05) is 18.2 Å². The van der Waals surface area contributed by atoms with E-state index in [0.717, 1.165) is 37.5 Å². The maximum absolute atomic E-state index is 5.51. The normalized spacial score (nSPS) is 15.9. The van der Waals surface area contributed by atoms with Crippen molar-refractivity contribution in [3.05, 3.63) is 47.2 Å². The largest absolute Gasteiger partial charge is 0.496 e. The predicted molar refractivity (Wildman–Crippen MR) is 88.7 cm³/mol. The van der Waals surface area contributed by atoms with Crippen LogP contribution in [0.1, 0.15) is 35.4 Å². The van der Waals surface area contributed by atoms with Crippen molar-refractivity contribution in [3.63, 3.8) is 0 Å². The fraction of sp³-hybridized carbons (Fsp3) is 0.444. The Bertz CT molecular complexity index is 649. The van der Waals surface area contributed by atoms with Gasteiger partial charge in [0.25, 0.3) is 0 Å². The Labute approximate surface area is 132 Å². The lowest BCUT2D eigenvalue weighted by atomic mass is 9.88. The first-order valence-electron chi connectivity index (χ1n) is 7.87. The second kappa shape index (κ2) is 6.34. The monoisotopic (exact) mass is 297 g/mol. The van der Waals surface area contributed by atoms with Crippen molar-refractivity contribution in [3.8, 4) is 5.75 Å². The summed E-state index contributed by atoms with van der Waals surface area (Å²) in [5.41, 5.74) is 3.78. The zero-order chi connectivity index (χ0) is 15.5. The summed E-state index contributed by atoms with van der Waals surface area (Å²) in [6.07, 6.45) is 4.07. The van der Waals surface area contributed by atoms with Crippen molar-refractivity contribution < 1.29 is 4.74 Å². The van der Waals surface area contributed by atoms with Crippen LogP contribution in [0.5, 0.6) is 5.75 Å². The van der Waals surface area contributed by atoms with Crippen LogP contribution in [0.3, 0.4) is 0 Å². The molecule has 0 bridgehead atoms. The number of hydrogen-bond donors (Lipinski definition) is 0. The van der Waals surface area contributed by atoms with E-state index in [1.54, 1.807) is 7.11 Å². The summed E-state index contributed by atoms with van der Waals surface area (Å²) in [6, 6.07) is 8.37. The van der Waals surface area contributed by atoms with Gasteiger partial charge in [-0.3, -0.25) is 0 Å².